The SMILES string of the molecule is CCCCC(C)n1c(C(C)C)nc2ccccc21. The van der Waals surface area contributed by atoms with Gasteiger partial charge in [0.1, 0.15) is 5.82 Å². The highest BCUT2D eigenvalue weighted by Crippen LogP contribution is 2.28. The maximum absolute atomic E-state index is 4.80. The first-order valence-corrected chi connectivity index (χ1v) is 7.12. The molecule has 98 valence electrons. The quantitative estimate of drug-likeness (QED) is 0.730. The number of aromatic nitrogens is 2. The van der Waals surface area contributed by atoms with Crippen LogP contribution in [0.3, 0.4) is 0 Å². The first-order valence-electron chi connectivity index (χ1n) is 7.12. The largest absolute Gasteiger partial charge is 0.325 e. The summed E-state index contributed by atoms with van der Waals surface area (Å²) in [5, 5.41) is 0. The molecule has 2 nitrogen and oxygen atoms in total. The molecule has 1 aromatic heterocycles. The fraction of sp³-hybridized carbons (Fsp3) is 0.562. The zero-order chi connectivity index (χ0) is 13.1. The van der Waals surface area contributed by atoms with E-state index in [4.69, 9.17) is 4.98 Å². The van der Waals surface area contributed by atoms with E-state index in [1.807, 2.05) is 0 Å². The second-order valence-corrected chi connectivity index (χ2v) is 5.47. The third-order valence-corrected chi connectivity index (χ3v) is 3.56. The van der Waals surface area contributed by atoms with Crippen LogP contribution in [-0.4, -0.2) is 9.55 Å². The molecule has 0 aliphatic carbocycles. The van der Waals surface area contributed by atoms with Crippen molar-refractivity contribution in [3.8, 4) is 0 Å². The molecule has 0 amide bonds. The number of hydrogen-bond donors (Lipinski definition) is 0. The Morgan fingerprint density at radius 2 is 1.89 bits per heavy atom. The molecule has 0 bridgehead atoms. The van der Waals surface area contributed by atoms with Gasteiger partial charge in [0.25, 0.3) is 0 Å². The standard InChI is InChI=1S/C16H24N2/c1-5-6-9-13(4)18-15-11-8-7-10-14(15)17-16(18)12(2)3/h7-8,10-13H,5-6,9H2,1-4H3. The Bertz CT molecular complexity index is 511. The van der Waals surface area contributed by atoms with E-state index in [0.717, 1.165) is 5.52 Å². The van der Waals surface area contributed by atoms with Crippen LogP contribution in [0.1, 0.15) is 64.7 Å². The van der Waals surface area contributed by atoms with Gasteiger partial charge in [-0.25, -0.2) is 4.98 Å². The number of hydrogen-bond acceptors (Lipinski definition) is 1. The van der Waals surface area contributed by atoms with Gasteiger partial charge in [0, 0.05) is 12.0 Å². The van der Waals surface area contributed by atoms with Crippen molar-refractivity contribution in [2.75, 3.05) is 0 Å². The minimum Gasteiger partial charge on any atom is -0.325 e. The van der Waals surface area contributed by atoms with E-state index in [2.05, 4.69) is 56.5 Å². The molecule has 2 heteroatoms. The summed E-state index contributed by atoms with van der Waals surface area (Å²) in [6.07, 6.45) is 3.77. The van der Waals surface area contributed by atoms with Crippen molar-refractivity contribution >= 4 is 11.0 Å². The fourth-order valence-electron chi connectivity index (χ4n) is 2.56. The molecular formula is C16H24N2. The number of nitrogens with zero attached hydrogens (tertiary/aromatic N) is 2. The lowest BCUT2D eigenvalue weighted by atomic mass is 10.1. The molecule has 0 aliphatic rings. The molecular weight excluding hydrogens is 220 g/mol. The molecule has 0 saturated carbocycles. The van der Waals surface area contributed by atoms with Gasteiger partial charge in [-0.2, -0.15) is 0 Å². The second-order valence-electron chi connectivity index (χ2n) is 5.47. The number of fused-ring (bicyclic) bond motifs is 1. The predicted molar refractivity (Wildman–Crippen MR) is 78.1 cm³/mol. The van der Waals surface area contributed by atoms with Crippen molar-refractivity contribution in [1.29, 1.82) is 0 Å². The van der Waals surface area contributed by atoms with E-state index in [-0.39, 0.29) is 0 Å². The molecule has 0 saturated heterocycles. The van der Waals surface area contributed by atoms with Crippen LogP contribution in [0.5, 0.6) is 0 Å². The van der Waals surface area contributed by atoms with E-state index in [1.165, 1.54) is 30.6 Å². The van der Waals surface area contributed by atoms with E-state index in [1.54, 1.807) is 0 Å². The Balaban J connectivity index is 2.47. The van der Waals surface area contributed by atoms with Crippen molar-refractivity contribution < 1.29 is 0 Å². The molecule has 0 radical (unpaired) electrons. The molecule has 1 heterocycles. The van der Waals surface area contributed by atoms with Gasteiger partial charge in [-0.15, -0.1) is 0 Å². The normalized spacial score (nSPS) is 13.4. The summed E-state index contributed by atoms with van der Waals surface area (Å²) in [4.78, 5) is 4.80. The van der Waals surface area contributed by atoms with Gasteiger partial charge in [-0.3, -0.25) is 0 Å². The number of benzene rings is 1. The molecule has 1 aromatic carbocycles. The van der Waals surface area contributed by atoms with Crippen molar-refractivity contribution in [3.05, 3.63) is 30.1 Å². The van der Waals surface area contributed by atoms with Crippen LogP contribution in [0.4, 0.5) is 0 Å². The summed E-state index contributed by atoms with van der Waals surface area (Å²) in [5.74, 6) is 1.70. The highest BCUT2D eigenvalue weighted by atomic mass is 15.1. The third kappa shape index (κ3) is 2.43. The van der Waals surface area contributed by atoms with Crippen LogP contribution in [0.25, 0.3) is 11.0 Å². The fourth-order valence-corrected chi connectivity index (χ4v) is 2.56. The Morgan fingerprint density at radius 3 is 2.56 bits per heavy atom. The molecule has 2 aromatic rings. The van der Waals surface area contributed by atoms with Crippen molar-refractivity contribution in [2.45, 2.75) is 58.9 Å². The van der Waals surface area contributed by atoms with E-state index >= 15 is 0 Å². The van der Waals surface area contributed by atoms with Crippen LogP contribution < -0.4 is 0 Å². The molecule has 2 rings (SSSR count). The lowest BCUT2D eigenvalue weighted by Crippen LogP contribution is -2.10. The average molecular weight is 244 g/mol. The summed E-state index contributed by atoms with van der Waals surface area (Å²) in [5.41, 5.74) is 2.41. The van der Waals surface area contributed by atoms with Crippen molar-refractivity contribution in [2.24, 2.45) is 0 Å². The number of unbranched alkanes of at least 4 members (excludes halogenated alkanes) is 1. The lowest BCUT2D eigenvalue weighted by Gasteiger charge is -2.19. The Morgan fingerprint density at radius 1 is 1.17 bits per heavy atom. The van der Waals surface area contributed by atoms with Crippen LogP contribution in [0.15, 0.2) is 24.3 Å². The first-order chi connectivity index (χ1) is 8.65. The molecule has 0 spiro atoms. The second kappa shape index (κ2) is 5.55. The number of imidazole rings is 1. The summed E-state index contributed by atoms with van der Waals surface area (Å²) >= 11 is 0. The van der Waals surface area contributed by atoms with Gasteiger partial charge in [-0.1, -0.05) is 45.7 Å². The average Bonchev–Trinajstić information content (AvgIpc) is 2.75. The minimum absolute atomic E-state index is 0.474. The monoisotopic (exact) mass is 244 g/mol. The molecule has 18 heavy (non-hydrogen) atoms. The van der Waals surface area contributed by atoms with E-state index in [9.17, 15) is 0 Å². The van der Waals surface area contributed by atoms with Crippen LogP contribution in [-0.2, 0) is 0 Å². The maximum atomic E-state index is 4.80. The summed E-state index contributed by atoms with van der Waals surface area (Å²) in [6.45, 7) is 9.02. The Hall–Kier alpha value is -1.31. The van der Waals surface area contributed by atoms with E-state index in [0.29, 0.717) is 12.0 Å². The van der Waals surface area contributed by atoms with Crippen LogP contribution in [0.2, 0.25) is 0 Å². The van der Waals surface area contributed by atoms with Crippen LogP contribution >= 0.6 is 0 Å². The highest BCUT2D eigenvalue weighted by Gasteiger charge is 2.17. The zero-order valence-corrected chi connectivity index (χ0v) is 12.0. The Labute approximate surface area is 110 Å². The molecule has 0 aliphatic heterocycles. The molecule has 0 fully saturated rings. The molecule has 1 unspecified atom stereocenters. The smallest absolute Gasteiger partial charge is 0.112 e. The van der Waals surface area contributed by atoms with Crippen LogP contribution in [0, 0.1) is 0 Å². The van der Waals surface area contributed by atoms with Gasteiger partial charge in [0.05, 0.1) is 11.0 Å². The van der Waals surface area contributed by atoms with Gasteiger partial charge in [0.15, 0.2) is 0 Å². The lowest BCUT2D eigenvalue weighted by molar-refractivity contribution is 0.472. The first kappa shape index (κ1) is 13.1. The summed E-state index contributed by atoms with van der Waals surface area (Å²) < 4.78 is 2.44. The minimum atomic E-state index is 0.474. The topological polar surface area (TPSA) is 17.8 Å². The zero-order valence-electron chi connectivity index (χ0n) is 12.0. The van der Waals surface area contributed by atoms with Gasteiger partial charge in [0.2, 0.25) is 0 Å². The Kier molecular flexibility index (Phi) is 4.05. The number of para-hydroxylation sites is 2. The van der Waals surface area contributed by atoms with Crippen molar-refractivity contribution in [1.82, 2.24) is 9.55 Å². The summed E-state index contributed by atoms with van der Waals surface area (Å²) in [6, 6.07) is 9.02. The third-order valence-electron chi connectivity index (χ3n) is 3.56. The van der Waals surface area contributed by atoms with Gasteiger partial charge >= 0.3 is 0 Å². The number of rotatable bonds is 5. The summed E-state index contributed by atoms with van der Waals surface area (Å²) in [7, 11) is 0. The highest BCUT2D eigenvalue weighted by molar-refractivity contribution is 5.76. The molecule has 1 atom stereocenters. The van der Waals surface area contributed by atoms with Gasteiger partial charge < -0.3 is 4.57 Å². The molecule has 0 N–H and O–H groups in total. The van der Waals surface area contributed by atoms with Gasteiger partial charge in [-0.05, 0) is 25.5 Å². The predicted octanol–water partition coefficient (Wildman–Crippen LogP) is 4.91. The van der Waals surface area contributed by atoms with Crippen molar-refractivity contribution in [3.63, 3.8) is 0 Å². The van der Waals surface area contributed by atoms with E-state index < -0.39 is 0 Å². The maximum Gasteiger partial charge on any atom is 0.112 e.